The number of hydrogen-bond donors (Lipinski definition) is 1. The van der Waals surface area contributed by atoms with Crippen LogP contribution >= 0.6 is 0 Å². The second-order valence-electron chi connectivity index (χ2n) is 5.88. The van der Waals surface area contributed by atoms with Crippen molar-refractivity contribution in [3.63, 3.8) is 0 Å². The van der Waals surface area contributed by atoms with Crippen molar-refractivity contribution in [3.05, 3.63) is 0 Å². The van der Waals surface area contributed by atoms with Crippen LogP contribution < -0.4 is 5.73 Å². The van der Waals surface area contributed by atoms with Crippen LogP contribution in [0, 0.1) is 11.3 Å². The van der Waals surface area contributed by atoms with Crippen LogP contribution in [0.25, 0.3) is 0 Å². The van der Waals surface area contributed by atoms with E-state index < -0.39 is 0 Å². The van der Waals surface area contributed by atoms with Crippen molar-refractivity contribution < 1.29 is 4.79 Å². The summed E-state index contributed by atoms with van der Waals surface area (Å²) < 4.78 is 0. The van der Waals surface area contributed by atoms with Crippen molar-refractivity contribution in [1.29, 1.82) is 0 Å². The fourth-order valence-electron chi connectivity index (χ4n) is 1.95. The maximum absolute atomic E-state index is 12.1. The molecule has 2 N–H and O–H groups in total. The third kappa shape index (κ3) is 2.51. The Morgan fingerprint density at radius 2 is 1.93 bits per heavy atom. The Morgan fingerprint density at radius 3 is 2.27 bits per heavy atom. The quantitative estimate of drug-likeness (QED) is 0.718. The molecule has 15 heavy (non-hydrogen) atoms. The zero-order valence-electron chi connectivity index (χ0n) is 10.6. The summed E-state index contributed by atoms with van der Waals surface area (Å²) in [7, 11) is 0. The number of amides is 1. The van der Waals surface area contributed by atoms with E-state index in [1.807, 2.05) is 25.7 Å². The third-order valence-corrected chi connectivity index (χ3v) is 3.62. The van der Waals surface area contributed by atoms with Gasteiger partial charge < -0.3 is 10.6 Å². The van der Waals surface area contributed by atoms with Gasteiger partial charge >= 0.3 is 0 Å². The summed E-state index contributed by atoms with van der Waals surface area (Å²) in [5, 5.41) is 0. The van der Waals surface area contributed by atoms with Crippen LogP contribution in [0.4, 0.5) is 0 Å². The molecule has 1 aliphatic heterocycles. The lowest BCUT2D eigenvalue weighted by molar-refractivity contribution is -0.135. The lowest BCUT2D eigenvalue weighted by Gasteiger charge is -2.32. The Kier molecular flexibility index (Phi) is 3.44. The minimum absolute atomic E-state index is 0.111. The molecule has 1 heterocycles. The molecule has 1 fully saturated rings. The van der Waals surface area contributed by atoms with Gasteiger partial charge in [0.15, 0.2) is 0 Å². The average molecular weight is 212 g/mol. The highest BCUT2D eigenvalue weighted by Gasteiger charge is 2.37. The molecule has 2 unspecified atom stereocenters. The van der Waals surface area contributed by atoms with Crippen LogP contribution in [0.2, 0.25) is 0 Å². The van der Waals surface area contributed by atoms with Crippen molar-refractivity contribution in [3.8, 4) is 0 Å². The van der Waals surface area contributed by atoms with Gasteiger partial charge in [0.05, 0.1) is 6.04 Å². The first-order valence-corrected chi connectivity index (χ1v) is 5.81. The minimum Gasteiger partial charge on any atom is -0.338 e. The van der Waals surface area contributed by atoms with Crippen molar-refractivity contribution in [1.82, 2.24) is 4.90 Å². The molecule has 3 nitrogen and oxygen atoms in total. The molecule has 88 valence electrons. The molecule has 1 saturated heterocycles. The number of nitrogens with two attached hydrogens (primary N) is 1. The van der Waals surface area contributed by atoms with Gasteiger partial charge in [0.25, 0.3) is 0 Å². The molecule has 0 saturated carbocycles. The van der Waals surface area contributed by atoms with Crippen LogP contribution in [-0.4, -0.2) is 29.4 Å². The van der Waals surface area contributed by atoms with Crippen molar-refractivity contribution >= 4 is 5.91 Å². The zero-order chi connectivity index (χ0) is 11.8. The molecule has 1 amide bonds. The van der Waals surface area contributed by atoms with Gasteiger partial charge in [0.1, 0.15) is 0 Å². The minimum atomic E-state index is -0.384. The van der Waals surface area contributed by atoms with E-state index in [9.17, 15) is 4.79 Å². The summed E-state index contributed by atoms with van der Waals surface area (Å²) in [5.74, 6) is 0.709. The average Bonchev–Trinajstić information content (AvgIpc) is 2.44. The maximum atomic E-state index is 12.1. The van der Waals surface area contributed by atoms with E-state index in [2.05, 4.69) is 13.8 Å². The first kappa shape index (κ1) is 12.5. The molecule has 0 aromatic carbocycles. The molecular formula is C12H24N2O. The van der Waals surface area contributed by atoms with Crippen LogP contribution in [0.1, 0.15) is 41.0 Å². The molecule has 0 aromatic rings. The predicted octanol–water partition coefficient (Wildman–Crippen LogP) is 1.62. The van der Waals surface area contributed by atoms with E-state index in [1.54, 1.807) is 0 Å². The number of likely N-dealkylation sites (tertiary alicyclic amines) is 1. The van der Waals surface area contributed by atoms with Crippen LogP contribution in [-0.2, 0) is 4.79 Å². The fourth-order valence-corrected chi connectivity index (χ4v) is 1.95. The van der Waals surface area contributed by atoms with Crippen molar-refractivity contribution in [2.75, 3.05) is 6.54 Å². The van der Waals surface area contributed by atoms with Crippen molar-refractivity contribution in [2.45, 2.75) is 53.1 Å². The largest absolute Gasteiger partial charge is 0.338 e. The van der Waals surface area contributed by atoms with Gasteiger partial charge in [-0.15, -0.1) is 0 Å². The van der Waals surface area contributed by atoms with E-state index >= 15 is 0 Å². The van der Waals surface area contributed by atoms with E-state index in [4.69, 9.17) is 5.73 Å². The second kappa shape index (κ2) is 4.12. The first-order valence-electron chi connectivity index (χ1n) is 5.81. The number of carbonyl (C=O) groups is 1. The maximum Gasteiger partial charge on any atom is 0.240 e. The Hall–Kier alpha value is -0.570. The zero-order valence-corrected chi connectivity index (χ0v) is 10.6. The molecule has 0 radical (unpaired) electrons. The van der Waals surface area contributed by atoms with Crippen LogP contribution in [0.5, 0.6) is 0 Å². The summed E-state index contributed by atoms with van der Waals surface area (Å²) in [6.07, 6.45) is 1.10. The monoisotopic (exact) mass is 212 g/mol. The Balaban J connectivity index is 2.70. The van der Waals surface area contributed by atoms with Crippen molar-refractivity contribution in [2.24, 2.45) is 17.1 Å². The van der Waals surface area contributed by atoms with Gasteiger partial charge in [0.2, 0.25) is 5.91 Å². The summed E-state index contributed by atoms with van der Waals surface area (Å²) in [4.78, 5) is 14.1. The normalized spacial score (nSPS) is 29.3. The molecular weight excluding hydrogens is 188 g/mol. The standard InChI is InChI=1S/C12H24N2O/c1-8-6-7-14(9(8)2)11(15)10(13)12(3,4)5/h8-10H,6-7,13H2,1-5H3/t8?,9?,10-/m1/s1. The molecule has 1 aliphatic rings. The Labute approximate surface area is 93.0 Å². The van der Waals surface area contributed by atoms with Gasteiger partial charge in [-0.25, -0.2) is 0 Å². The molecule has 1 rings (SSSR count). The molecule has 0 aromatic heterocycles. The Bertz CT molecular complexity index is 244. The van der Waals surface area contributed by atoms with E-state index in [1.165, 1.54) is 0 Å². The van der Waals surface area contributed by atoms with Gasteiger partial charge in [-0.05, 0) is 24.7 Å². The molecule has 0 aliphatic carbocycles. The van der Waals surface area contributed by atoms with Gasteiger partial charge in [-0.3, -0.25) is 4.79 Å². The third-order valence-electron chi connectivity index (χ3n) is 3.62. The number of rotatable bonds is 1. The van der Waals surface area contributed by atoms with E-state index in [0.717, 1.165) is 13.0 Å². The number of nitrogens with zero attached hydrogens (tertiary/aromatic N) is 1. The summed E-state index contributed by atoms with van der Waals surface area (Å²) >= 11 is 0. The fraction of sp³-hybridized carbons (Fsp3) is 0.917. The van der Waals surface area contributed by atoms with Gasteiger partial charge in [-0.2, -0.15) is 0 Å². The molecule has 3 heteroatoms. The van der Waals surface area contributed by atoms with Gasteiger partial charge in [0, 0.05) is 12.6 Å². The highest BCUT2D eigenvalue weighted by atomic mass is 16.2. The van der Waals surface area contributed by atoms with Crippen LogP contribution in [0.3, 0.4) is 0 Å². The highest BCUT2D eigenvalue weighted by Crippen LogP contribution is 2.27. The number of hydrogen-bond acceptors (Lipinski definition) is 2. The Morgan fingerprint density at radius 1 is 1.40 bits per heavy atom. The van der Waals surface area contributed by atoms with E-state index in [-0.39, 0.29) is 17.4 Å². The summed E-state index contributed by atoms with van der Waals surface area (Å²) in [5.41, 5.74) is 5.84. The molecule has 0 bridgehead atoms. The summed E-state index contributed by atoms with van der Waals surface area (Å²) in [6, 6.07) is -0.0452. The smallest absolute Gasteiger partial charge is 0.240 e. The summed E-state index contributed by atoms with van der Waals surface area (Å²) in [6.45, 7) is 11.2. The highest BCUT2D eigenvalue weighted by molar-refractivity contribution is 5.83. The SMILES string of the molecule is CC1CCN(C(=O)[C@@H](N)C(C)(C)C)C1C. The predicted molar refractivity (Wildman–Crippen MR) is 62.4 cm³/mol. The van der Waals surface area contributed by atoms with Gasteiger partial charge in [-0.1, -0.05) is 27.7 Å². The molecule has 3 atom stereocenters. The van der Waals surface area contributed by atoms with Crippen LogP contribution in [0.15, 0.2) is 0 Å². The second-order valence-corrected chi connectivity index (χ2v) is 5.88. The van der Waals surface area contributed by atoms with E-state index in [0.29, 0.717) is 12.0 Å². The topological polar surface area (TPSA) is 46.3 Å². The molecule has 0 spiro atoms. The lowest BCUT2D eigenvalue weighted by Crippen LogP contribution is -2.51. The number of carbonyl (C=O) groups excluding carboxylic acids is 1. The lowest BCUT2D eigenvalue weighted by atomic mass is 9.86. The first-order chi connectivity index (χ1) is 6.75.